The van der Waals surface area contributed by atoms with Gasteiger partial charge >= 0.3 is 0 Å². The summed E-state index contributed by atoms with van der Waals surface area (Å²) in [6.07, 6.45) is 1.93. The summed E-state index contributed by atoms with van der Waals surface area (Å²) >= 11 is 0. The molecule has 2 amide bonds. The minimum Gasteiger partial charge on any atom is -0.378 e. The number of hydrogen-bond donors (Lipinski definition) is 1. The molecular formula is C20H23N5O3. The molecule has 8 heteroatoms. The first-order valence-electron chi connectivity index (χ1n) is 9.48. The number of hydrogen-bond acceptors (Lipinski definition) is 6. The Kier molecular flexibility index (Phi) is 5.48. The fraction of sp³-hybridized carbons (Fsp3) is 0.400. The summed E-state index contributed by atoms with van der Waals surface area (Å²) in [5.74, 6) is 0.149. The number of benzene rings is 1. The van der Waals surface area contributed by atoms with Gasteiger partial charge in [0.2, 0.25) is 17.8 Å². The van der Waals surface area contributed by atoms with Gasteiger partial charge in [0, 0.05) is 37.9 Å². The maximum atomic E-state index is 12.6. The lowest BCUT2D eigenvalue weighted by atomic mass is 10.1. The maximum Gasteiger partial charge on any atom is 0.227 e. The minimum atomic E-state index is -0.353. The van der Waals surface area contributed by atoms with Crippen molar-refractivity contribution >= 4 is 23.5 Å². The van der Waals surface area contributed by atoms with Gasteiger partial charge in [-0.05, 0) is 18.2 Å². The third-order valence-corrected chi connectivity index (χ3v) is 5.00. The zero-order chi connectivity index (χ0) is 19.3. The van der Waals surface area contributed by atoms with Crippen LogP contribution in [-0.4, -0.2) is 54.6 Å². The van der Waals surface area contributed by atoms with Crippen LogP contribution >= 0.6 is 0 Å². The number of carbonyl (C=O) groups excluding carboxylic acids is 2. The molecule has 4 rings (SSSR count). The van der Waals surface area contributed by atoms with Crippen LogP contribution in [-0.2, 0) is 20.9 Å². The van der Waals surface area contributed by atoms with Gasteiger partial charge in [-0.2, -0.15) is 0 Å². The molecule has 8 nitrogen and oxygen atoms in total. The molecule has 2 aliphatic heterocycles. The monoisotopic (exact) mass is 381 g/mol. The number of para-hydroxylation sites is 1. The molecule has 28 heavy (non-hydrogen) atoms. The van der Waals surface area contributed by atoms with Crippen molar-refractivity contribution in [3.05, 3.63) is 48.3 Å². The van der Waals surface area contributed by atoms with E-state index in [1.54, 1.807) is 17.2 Å². The second-order valence-corrected chi connectivity index (χ2v) is 6.91. The Labute approximate surface area is 163 Å². The molecule has 0 bridgehead atoms. The molecule has 1 atom stereocenters. The largest absolute Gasteiger partial charge is 0.378 e. The molecule has 3 heterocycles. The smallest absolute Gasteiger partial charge is 0.227 e. The molecule has 2 fully saturated rings. The number of carbonyl (C=O) groups is 2. The SMILES string of the molecule is O=C(NCc1ccnc(N2CCOCC2)n1)C1CC(=O)N(c2ccccc2)C1. The van der Waals surface area contributed by atoms with Crippen LogP contribution in [0.5, 0.6) is 0 Å². The lowest BCUT2D eigenvalue weighted by molar-refractivity contribution is -0.126. The van der Waals surface area contributed by atoms with E-state index in [0.29, 0.717) is 32.3 Å². The number of aromatic nitrogens is 2. The van der Waals surface area contributed by atoms with Gasteiger partial charge in [0.05, 0.1) is 31.4 Å². The number of rotatable bonds is 5. The molecule has 2 saturated heterocycles. The second-order valence-electron chi connectivity index (χ2n) is 6.91. The van der Waals surface area contributed by atoms with E-state index in [1.165, 1.54) is 0 Å². The van der Waals surface area contributed by atoms with Crippen molar-refractivity contribution in [2.24, 2.45) is 5.92 Å². The Hall–Kier alpha value is -3.00. The first-order chi connectivity index (χ1) is 13.7. The zero-order valence-corrected chi connectivity index (χ0v) is 15.6. The van der Waals surface area contributed by atoms with Crippen molar-refractivity contribution in [2.45, 2.75) is 13.0 Å². The molecule has 146 valence electrons. The van der Waals surface area contributed by atoms with Gasteiger partial charge in [-0.3, -0.25) is 9.59 Å². The van der Waals surface area contributed by atoms with Crippen LogP contribution in [0.4, 0.5) is 11.6 Å². The normalized spacial score (nSPS) is 19.7. The molecule has 2 aliphatic rings. The zero-order valence-electron chi connectivity index (χ0n) is 15.6. The van der Waals surface area contributed by atoms with Crippen molar-refractivity contribution in [3.8, 4) is 0 Å². The number of anilines is 2. The molecule has 1 unspecified atom stereocenters. The van der Waals surface area contributed by atoms with Gasteiger partial charge in [-0.1, -0.05) is 18.2 Å². The van der Waals surface area contributed by atoms with Crippen LogP contribution in [0.25, 0.3) is 0 Å². The van der Waals surface area contributed by atoms with Gasteiger partial charge in [-0.15, -0.1) is 0 Å². The van der Waals surface area contributed by atoms with Gasteiger partial charge in [0.1, 0.15) is 0 Å². The van der Waals surface area contributed by atoms with Crippen LogP contribution < -0.4 is 15.1 Å². The van der Waals surface area contributed by atoms with Crippen molar-refractivity contribution in [1.82, 2.24) is 15.3 Å². The van der Waals surface area contributed by atoms with E-state index in [0.717, 1.165) is 24.5 Å². The lowest BCUT2D eigenvalue weighted by Gasteiger charge is -2.26. The summed E-state index contributed by atoms with van der Waals surface area (Å²) in [6.45, 7) is 3.56. The van der Waals surface area contributed by atoms with E-state index < -0.39 is 0 Å². The third-order valence-electron chi connectivity index (χ3n) is 5.00. The van der Waals surface area contributed by atoms with E-state index in [2.05, 4.69) is 20.2 Å². The summed E-state index contributed by atoms with van der Waals surface area (Å²) < 4.78 is 5.35. The van der Waals surface area contributed by atoms with Crippen LogP contribution in [0, 0.1) is 5.92 Å². The number of morpholine rings is 1. The highest BCUT2D eigenvalue weighted by molar-refractivity contribution is 6.00. The molecule has 2 aromatic rings. The summed E-state index contributed by atoms with van der Waals surface area (Å²) in [4.78, 5) is 37.5. The van der Waals surface area contributed by atoms with E-state index in [9.17, 15) is 9.59 Å². The average Bonchev–Trinajstić information content (AvgIpc) is 3.15. The van der Waals surface area contributed by atoms with E-state index in [4.69, 9.17) is 4.74 Å². The topological polar surface area (TPSA) is 87.7 Å². The molecule has 0 saturated carbocycles. The van der Waals surface area contributed by atoms with Gasteiger partial charge in [0.15, 0.2) is 0 Å². The summed E-state index contributed by atoms with van der Waals surface area (Å²) in [7, 11) is 0. The maximum absolute atomic E-state index is 12.6. The van der Waals surface area contributed by atoms with E-state index in [1.807, 2.05) is 30.3 Å². The number of ether oxygens (including phenoxy) is 1. The van der Waals surface area contributed by atoms with E-state index in [-0.39, 0.29) is 24.2 Å². The predicted molar refractivity (Wildman–Crippen MR) is 104 cm³/mol. The van der Waals surface area contributed by atoms with Gasteiger partial charge < -0.3 is 19.9 Å². The first-order valence-corrected chi connectivity index (χ1v) is 9.48. The number of amides is 2. The first kappa shape index (κ1) is 18.4. The molecule has 0 spiro atoms. The van der Waals surface area contributed by atoms with Gasteiger partial charge in [-0.25, -0.2) is 9.97 Å². The molecule has 0 aliphatic carbocycles. The van der Waals surface area contributed by atoms with Crippen LogP contribution in [0.15, 0.2) is 42.6 Å². The van der Waals surface area contributed by atoms with Crippen molar-refractivity contribution < 1.29 is 14.3 Å². The highest BCUT2D eigenvalue weighted by Crippen LogP contribution is 2.24. The second kappa shape index (κ2) is 8.35. The van der Waals surface area contributed by atoms with E-state index >= 15 is 0 Å². The fourth-order valence-corrected chi connectivity index (χ4v) is 3.46. The Bertz CT molecular complexity index is 839. The Morgan fingerprint density at radius 2 is 1.96 bits per heavy atom. The Balaban J connectivity index is 1.34. The van der Waals surface area contributed by atoms with Crippen molar-refractivity contribution in [1.29, 1.82) is 0 Å². The van der Waals surface area contributed by atoms with Crippen molar-refractivity contribution in [2.75, 3.05) is 42.6 Å². The molecule has 1 aromatic carbocycles. The van der Waals surface area contributed by atoms with Crippen LogP contribution in [0.3, 0.4) is 0 Å². The Morgan fingerprint density at radius 1 is 1.18 bits per heavy atom. The molecule has 1 aromatic heterocycles. The predicted octanol–water partition coefficient (Wildman–Crippen LogP) is 0.982. The number of nitrogens with one attached hydrogen (secondary N) is 1. The highest BCUT2D eigenvalue weighted by atomic mass is 16.5. The number of nitrogens with zero attached hydrogens (tertiary/aromatic N) is 4. The minimum absolute atomic E-state index is 0.0250. The lowest BCUT2D eigenvalue weighted by Crippen LogP contribution is -2.37. The average molecular weight is 381 g/mol. The summed E-state index contributed by atoms with van der Waals surface area (Å²) in [5, 5.41) is 2.91. The van der Waals surface area contributed by atoms with Crippen molar-refractivity contribution in [3.63, 3.8) is 0 Å². The van der Waals surface area contributed by atoms with Gasteiger partial charge in [0.25, 0.3) is 0 Å². The van der Waals surface area contributed by atoms with Crippen LogP contribution in [0.2, 0.25) is 0 Å². The fourth-order valence-electron chi connectivity index (χ4n) is 3.46. The Morgan fingerprint density at radius 3 is 2.75 bits per heavy atom. The molecule has 0 radical (unpaired) electrons. The molecule has 1 N–H and O–H groups in total. The van der Waals surface area contributed by atoms with Crippen LogP contribution in [0.1, 0.15) is 12.1 Å². The third kappa shape index (κ3) is 4.12. The quantitative estimate of drug-likeness (QED) is 0.831. The molecular weight excluding hydrogens is 358 g/mol. The standard InChI is InChI=1S/C20H23N5O3/c26-18-12-15(14-25(18)17-4-2-1-3-5-17)19(27)22-13-16-6-7-21-20(23-16)24-8-10-28-11-9-24/h1-7,15H,8-14H2,(H,22,27). The summed E-state index contributed by atoms with van der Waals surface area (Å²) in [6, 6.07) is 11.2. The highest BCUT2D eigenvalue weighted by Gasteiger charge is 2.34. The summed E-state index contributed by atoms with van der Waals surface area (Å²) in [5.41, 5.74) is 1.57.